The zero-order valence-corrected chi connectivity index (χ0v) is 32.0. The van der Waals surface area contributed by atoms with E-state index in [0.29, 0.717) is 35.2 Å². The van der Waals surface area contributed by atoms with Crippen LogP contribution in [-0.4, -0.2) is 60.5 Å². The van der Waals surface area contributed by atoms with Crippen molar-refractivity contribution < 1.29 is 33.8 Å². The molecule has 11 nitrogen and oxygen atoms in total. The third-order valence-electron chi connectivity index (χ3n) is 8.32. The number of carboxylic acid groups (broad SMARTS) is 1. The van der Waals surface area contributed by atoms with E-state index in [2.05, 4.69) is 48.5 Å². The van der Waals surface area contributed by atoms with Gasteiger partial charge in [-0.05, 0) is 66.8 Å². The summed E-state index contributed by atoms with van der Waals surface area (Å²) in [5.74, 6) is -3.73. The Morgan fingerprint density at radius 2 is 1.46 bits per heavy atom. The maximum absolute atomic E-state index is 13.5. The normalized spacial score (nSPS) is 13.8. The van der Waals surface area contributed by atoms with Crippen molar-refractivity contribution in [3.8, 4) is 0 Å². The molecule has 4 N–H and O–H groups in total. The Hall–Kier alpha value is -3.99. The van der Waals surface area contributed by atoms with Crippen LogP contribution in [0, 0.1) is 36.5 Å². The van der Waals surface area contributed by atoms with E-state index in [9.17, 15) is 24.3 Å². The van der Waals surface area contributed by atoms with Gasteiger partial charge in [0.1, 0.15) is 18.1 Å². The molecule has 0 fully saturated rings. The van der Waals surface area contributed by atoms with Crippen molar-refractivity contribution in [2.75, 3.05) is 34.7 Å². The van der Waals surface area contributed by atoms with E-state index in [-0.39, 0.29) is 11.8 Å². The Labute approximate surface area is 302 Å². The molecule has 3 amide bonds. The number of esters is 1. The Morgan fingerprint density at radius 3 is 1.94 bits per heavy atom. The molecule has 2 rings (SSSR count). The van der Waals surface area contributed by atoms with Gasteiger partial charge in [0.05, 0.1) is 11.4 Å². The summed E-state index contributed by atoms with van der Waals surface area (Å²) in [5, 5.41) is 19.1. The smallest absolute Gasteiger partial charge is 0.409 e. The second-order valence-electron chi connectivity index (χ2n) is 14.3. The number of alkyl carbamates (subject to hydrolysis) is 1. The highest BCUT2D eigenvalue weighted by Gasteiger charge is 2.41. The number of nitrogens with zero attached hydrogens (tertiary/aromatic N) is 1. The van der Waals surface area contributed by atoms with Gasteiger partial charge in [-0.3, -0.25) is 4.79 Å². The number of ether oxygens (including phenoxy) is 2. The number of hydrogen-bond acceptors (Lipinski definition) is 7. The van der Waals surface area contributed by atoms with Gasteiger partial charge < -0.3 is 35.4 Å². The number of aryl methyl sites for hydroxylation is 1. The number of carbonyl (C=O) groups is 4. The average Bonchev–Trinajstić information content (AvgIpc) is 3.01. The molecule has 0 saturated heterocycles. The van der Waals surface area contributed by atoms with Crippen LogP contribution in [0.25, 0.3) is 0 Å². The van der Waals surface area contributed by atoms with Crippen LogP contribution >= 0.6 is 11.6 Å². The summed E-state index contributed by atoms with van der Waals surface area (Å²) in [5.41, 5.74) is 3.73. The van der Waals surface area contributed by atoms with Crippen molar-refractivity contribution >= 4 is 52.7 Å². The molecule has 0 aliphatic heterocycles. The number of rotatable bonds is 18. The summed E-state index contributed by atoms with van der Waals surface area (Å²) in [6.07, 6.45) is -1.52. The summed E-state index contributed by atoms with van der Waals surface area (Å²) in [6, 6.07) is 11.2. The minimum absolute atomic E-state index is 0.338. The molecule has 2 unspecified atom stereocenters. The highest BCUT2D eigenvalue weighted by atomic mass is 35.5. The predicted octanol–water partition coefficient (Wildman–Crippen LogP) is 8.47. The second-order valence-corrected chi connectivity index (χ2v) is 14.6. The van der Waals surface area contributed by atoms with Gasteiger partial charge >= 0.3 is 24.1 Å². The van der Waals surface area contributed by atoms with E-state index in [1.54, 1.807) is 27.7 Å². The fourth-order valence-corrected chi connectivity index (χ4v) is 6.12. The maximum atomic E-state index is 13.5. The van der Waals surface area contributed by atoms with Crippen LogP contribution in [0.15, 0.2) is 42.5 Å². The number of nitrogens with one attached hydrogen (secondary N) is 3. The Kier molecular flexibility index (Phi) is 16.9. The molecule has 0 aliphatic carbocycles. The van der Waals surface area contributed by atoms with Crippen LogP contribution < -0.4 is 20.9 Å². The largest absolute Gasteiger partial charge is 0.481 e. The quantitative estimate of drug-likeness (QED) is 0.0888. The molecule has 50 heavy (non-hydrogen) atoms. The first kappa shape index (κ1) is 42.2. The van der Waals surface area contributed by atoms with E-state index in [4.69, 9.17) is 21.1 Å². The lowest BCUT2D eigenvalue weighted by molar-refractivity contribution is -0.165. The summed E-state index contributed by atoms with van der Waals surface area (Å²) >= 11 is 5.51. The molecule has 2 aromatic rings. The number of carbonyl (C=O) groups excluding carboxylic acids is 3. The minimum atomic E-state index is -1.14. The lowest BCUT2D eigenvalue weighted by atomic mass is 9.77. The first-order valence-corrected chi connectivity index (χ1v) is 18.0. The number of hydrogen-bond donors (Lipinski definition) is 4. The van der Waals surface area contributed by atoms with E-state index in [0.717, 1.165) is 24.3 Å². The molecular formula is C38H57ClN4O7. The lowest BCUT2D eigenvalue weighted by Gasteiger charge is -2.35. The Morgan fingerprint density at radius 1 is 0.860 bits per heavy atom. The van der Waals surface area contributed by atoms with Crippen molar-refractivity contribution in [2.24, 2.45) is 29.6 Å². The van der Waals surface area contributed by atoms with Gasteiger partial charge in [-0.1, -0.05) is 97.7 Å². The topological polar surface area (TPSA) is 146 Å². The molecule has 0 bridgehead atoms. The molecule has 0 heterocycles. The molecule has 0 spiro atoms. The first-order valence-electron chi connectivity index (χ1n) is 17.4. The summed E-state index contributed by atoms with van der Waals surface area (Å²) in [4.78, 5) is 54.3. The third kappa shape index (κ3) is 12.7. The van der Waals surface area contributed by atoms with Gasteiger partial charge in [-0.25, -0.2) is 14.4 Å². The minimum Gasteiger partial charge on any atom is -0.481 e. The molecule has 2 aromatic carbocycles. The van der Waals surface area contributed by atoms with E-state index in [1.165, 1.54) is 0 Å². The van der Waals surface area contributed by atoms with Crippen molar-refractivity contribution in [3.05, 3.63) is 53.6 Å². The SMILES string of the molecule is CC[C@H](c1ccc(N(CC(C)C)CC(C)C)c(NC(=O)Nc2ccc(C)cc2)c1)C(C(=O)O)C(OC(=O)[C@@H](NC(=O)OCCl)C(C)C)C(C)C. The van der Waals surface area contributed by atoms with E-state index in [1.807, 2.05) is 56.3 Å². The summed E-state index contributed by atoms with van der Waals surface area (Å²) in [7, 11) is 0. The standard InChI is InChI=1S/C38H57ClN4O7/c1-11-29(32(35(44)45)34(25(8)9)50-36(46)33(24(6)7)42-38(48)49-21-39)27-14-17-31(43(19-22(2)3)20-23(4)5)30(18-27)41-37(47)40-28-15-12-26(10)13-16-28/h12-18,22-25,29,32-34H,11,19-21H2,1-10H3,(H,42,48)(H,44,45)(H2,40,41,47)/t29-,32?,33+,34?/m1/s1. The van der Waals surface area contributed by atoms with Crippen LogP contribution in [0.1, 0.15) is 85.8 Å². The van der Waals surface area contributed by atoms with Crippen molar-refractivity contribution in [1.29, 1.82) is 0 Å². The molecule has 4 atom stereocenters. The highest BCUT2D eigenvalue weighted by Crippen LogP contribution is 2.39. The van der Waals surface area contributed by atoms with Gasteiger partial charge in [-0.2, -0.15) is 0 Å². The number of anilines is 3. The zero-order chi connectivity index (χ0) is 37.7. The van der Waals surface area contributed by atoms with Crippen LogP contribution in [0.2, 0.25) is 0 Å². The van der Waals surface area contributed by atoms with E-state index < -0.39 is 54.1 Å². The number of amides is 3. The first-order chi connectivity index (χ1) is 23.5. The highest BCUT2D eigenvalue weighted by molar-refractivity contribution is 6.17. The fourth-order valence-electron chi connectivity index (χ4n) is 6.02. The second kappa shape index (κ2) is 20.0. The van der Waals surface area contributed by atoms with Crippen LogP contribution in [0.5, 0.6) is 0 Å². The van der Waals surface area contributed by atoms with Crippen LogP contribution in [-0.2, 0) is 19.1 Å². The van der Waals surface area contributed by atoms with Gasteiger partial charge in [0.2, 0.25) is 0 Å². The van der Waals surface area contributed by atoms with Crippen LogP contribution in [0.4, 0.5) is 26.7 Å². The number of urea groups is 1. The molecular weight excluding hydrogens is 660 g/mol. The predicted molar refractivity (Wildman–Crippen MR) is 200 cm³/mol. The van der Waals surface area contributed by atoms with E-state index >= 15 is 0 Å². The van der Waals surface area contributed by atoms with Crippen molar-refractivity contribution in [3.63, 3.8) is 0 Å². The fraction of sp³-hybridized carbons (Fsp3) is 0.579. The number of aliphatic carboxylic acids is 1. The molecule has 278 valence electrons. The Balaban J connectivity index is 2.61. The zero-order valence-electron chi connectivity index (χ0n) is 31.2. The van der Waals surface area contributed by atoms with Crippen molar-refractivity contribution in [2.45, 2.75) is 93.7 Å². The maximum Gasteiger partial charge on any atom is 0.409 e. The number of carboxylic acids is 1. The molecule has 0 aromatic heterocycles. The molecule has 0 radical (unpaired) electrons. The summed E-state index contributed by atoms with van der Waals surface area (Å²) in [6.45, 7) is 20.9. The van der Waals surface area contributed by atoms with Crippen LogP contribution in [0.3, 0.4) is 0 Å². The number of alkyl halides is 1. The third-order valence-corrected chi connectivity index (χ3v) is 8.43. The monoisotopic (exact) mass is 716 g/mol. The van der Waals surface area contributed by atoms with Gasteiger partial charge in [0.15, 0.2) is 6.07 Å². The number of benzene rings is 2. The molecule has 0 saturated carbocycles. The van der Waals surface area contributed by atoms with Gasteiger partial charge in [0.25, 0.3) is 0 Å². The van der Waals surface area contributed by atoms with Gasteiger partial charge in [-0.15, -0.1) is 0 Å². The molecule has 12 heteroatoms. The Bertz CT molecular complexity index is 1400. The average molecular weight is 717 g/mol. The number of halogens is 1. The summed E-state index contributed by atoms with van der Waals surface area (Å²) < 4.78 is 10.7. The van der Waals surface area contributed by atoms with Gasteiger partial charge in [0, 0.05) is 24.7 Å². The van der Waals surface area contributed by atoms with Crippen molar-refractivity contribution in [1.82, 2.24) is 5.32 Å². The lowest BCUT2D eigenvalue weighted by Crippen LogP contribution is -2.49. The molecule has 0 aliphatic rings.